The lowest BCUT2D eigenvalue weighted by Crippen LogP contribution is -2.29. The number of carbonyl (C=O) groups excluding carboxylic acids is 1. The van der Waals surface area contributed by atoms with Crippen molar-refractivity contribution in [3.63, 3.8) is 0 Å². The first kappa shape index (κ1) is 17.9. The highest BCUT2D eigenvalue weighted by Crippen LogP contribution is 2.19. The average molecular weight is 350 g/mol. The van der Waals surface area contributed by atoms with E-state index in [4.69, 9.17) is 4.74 Å². The molecule has 5 heteroatoms. The summed E-state index contributed by atoms with van der Waals surface area (Å²) in [6, 6.07) is 14.9. The molecule has 0 bridgehead atoms. The molecule has 1 heterocycles. The predicted octanol–water partition coefficient (Wildman–Crippen LogP) is 3.32. The number of ether oxygens (including phenoxy) is 1. The van der Waals surface area contributed by atoms with Crippen molar-refractivity contribution in [3.8, 4) is 5.75 Å². The third-order valence-electron chi connectivity index (χ3n) is 4.36. The zero-order chi connectivity index (χ0) is 18.7. The van der Waals surface area contributed by atoms with Crippen LogP contribution in [0.15, 0.2) is 48.5 Å². The summed E-state index contributed by atoms with van der Waals surface area (Å²) in [6.45, 7) is 3.95. The fourth-order valence-electron chi connectivity index (χ4n) is 2.83. The Hall–Kier alpha value is -2.92. The first-order chi connectivity index (χ1) is 12.5. The number of benzene rings is 2. The van der Waals surface area contributed by atoms with Gasteiger partial charge in [-0.15, -0.1) is 0 Å². The Balaban J connectivity index is 1.72. The standard InChI is InChI=1S/C21H22N2O3/c1-13-4-5-16-11-18(14(2)23-19(16)10-13)21(25)22-12-20(24)15-6-8-17(26-3)9-7-15/h4-11,20,24H,12H2,1-3H3,(H,22,25). The lowest BCUT2D eigenvalue weighted by Gasteiger charge is -2.14. The summed E-state index contributed by atoms with van der Waals surface area (Å²) in [6.07, 6.45) is -0.791. The van der Waals surface area contributed by atoms with Crippen molar-refractivity contribution < 1.29 is 14.6 Å². The maximum Gasteiger partial charge on any atom is 0.253 e. The van der Waals surface area contributed by atoms with Crippen molar-refractivity contribution in [3.05, 3.63) is 70.9 Å². The van der Waals surface area contributed by atoms with E-state index in [0.717, 1.165) is 27.8 Å². The molecule has 1 unspecified atom stereocenters. The van der Waals surface area contributed by atoms with Crippen molar-refractivity contribution in [2.75, 3.05) is 13.7 Å². The maximum absolute atomic E-state index is 12.5. The normalized spacial score (nSPS) is 12.0. The number of methoxy groups -OCH3 is 1. The van der Waals surface area contributed by atoms with Crippen LogP contribution in [0.2, 0.25) is 0 Å². The van der Waals surface area contributed by atoms with Crippen molar-refractivity contribution in [2.24, 2.45) is 0 Å². The fourth-order valence-corrected chi connectivity index (χ4v) is 2.83. The predicted molar refractivity (Wildman–Crippen MR) is 102 cm³/mol. The van der Waals surface area contributed by atoms with Gasteiger partial charge < -0.3 is 15.2 Å². The number of aromatic nitrogens is 1. The first-order valence-electron chi connectivity index (χ1n) is 8.46. The van der Waals surface area contributed by atoms with Crippen molar-refractivity contribution in [1.29, 1.82) is 0 Å². The highest BCUT2D eigenvalue weighted by Gasteiger charge is 2.14. The molecule has 2 N–H and O–H groups in total. The van der Waals surface area contributed by atoms with E-state index >= 15 is 0 Å². The molecule has 0 aliphatic carbocycles. The number of aliphatic hydroxyl groups excluding tert-OH is 1. The molecule has 134 valence electrons. The third kappa shape index (κ3) is 3.83. The van der Waals surface area contributed by atoms with E-state index in [1.54, 1.807) is 31.4 Å². The van der Waals surface area contributed by atoms with Crippen LogP contribution >= 0.6 is 0 Å². The molecule has 0 saturated carbocycles. The molecule has 3 rings (SSSR count). The summed E-state index contributed by atoms with van der Waals surface area (Å²) < 4.78 is 5.10. The molecule has 0 radical (unpaired) electrons. The Labute approximate surface area is 152 Å². The molecule has 2 aromatic carbocycles. The van der Waals surface area contributed by atoms with Crippen molar-refractivity contribution >= 4 is 16.8 Å². The largest absolute Gasteiger partial charge is 0.497 e. The number of carbonyl (C=O) groups is 1. The molecule has 5 nitrogen and oxygen atoms in total. The fraction of sp³-hybridized carbons (Fsp3) is 0.238. The Morgan fingerprint density at radius 3 is 2.58 bits per heavy atom. The molecule has 1 aromatic heterocycles. The number of pyridine rings is 1. The van der Waals surface area contributed by atoms with Crippen molar-refractivity contribution in [1.82, 2.24) is 10.3 Å². The second kappa shape index (κ2) is 7.54. The van der Waals surface area contributed by atoms with Gasteiger partial charge in [0.25, 0.3) is 5.91 Å². The van der Waals surface area contributed by atoms with Crippen LogP contribution in [0.3, 0.4) is 0 Å². The number of nitrogens with zero attached hydrogens (tertiary/aromatic N) is 1. The second-order valence-corrected chi connectivity index (χ2v) is 6.32. The molecular weight excluding hydrogens is 328 g/mol. The molecular formula is C21H22N2O3. The van der Waals surface area contributed by atoms with E-state index < -0.39 is 6.10 Å². The molecule has 0 fully saturated rings. The number of nitrogens with one attached hydrogen (secondary N) is 1. The third-order valence-corrected chi connectivity index (χ3v) is 4.36. The van der Waals surface area contributed by atoms with Crippen LogP contribution in [0.25, 0.3) is 10.9 Å². The van der Waals surface area contributed by atoms with Crippen molar-refractivity contribution in [2.45, 2.75) is 20.0 Å². The summed E-state index contributed by atoms with van der Waals surface area (Å²) in [5.41, 5.74) is 3.90. The quantitative estimate of drug-likeness (QED) is 0.740. The Morgan fingerprint density at radius 1 is 1.15 bits per heavy atom. The molecule has 1 amide bonds. The van der Waals surface area contributed by atoms with Gasteiger partial charge in [-0.3, -0.25) is 9.78 Å². The Kier molecular flexibility index (Phi) is 5.19. The summed E-state index contributed by atoms with van der Waals surface area (Å²) in [4.78, 5) is 17.1. The SMILES string of the molecule is COc1ccc(C(O)CNC(=O)c2cc3ccc(C)cc3nc2C)cc1. The monoisotopic (exact) mass is 350 g/mol. The minimum absolute atomic E-state index is 0.122. The van der Waals surface area contributed by atoms with Gasteiger partial charge in [-0.2, -0.15) is 0 Å². The second-order valence-electron chi connectivity index (χ2n) is 6.32. The van der Waals surface area contributed by atoms with Gasteiger partial charge >= 0.3 is 0 Å². The zero-order valence-electron chi connectivity index (χ0n) is 15.1. The minimum atomic E-state index is -0.791. The van der Waals surface area contributed by atoms with E-state index in [1.807, 2.05) is 38.1 Å². The van der Waals surface area contributed by atoms with E-state index in [2.05, 4.69) is 10.3 Å². The molecule has 0 aliphatic heterocycles. The summed E-state index contributed by atoms with van der Waals surface area (Å²) in [5.74, 6) is 0.475. The average Bonchev–Trinajstić information content (AvgIpc) is 2.65. The number of aliphatic hydroxyl groups is 1. The van der Waals surface area contributed by atoms with Gasteiger partial charge in [-0.05, 0) is 49.2 Å². The minimum Gasteiger partial charge on any atom is -0.497 e. The number of rotatable bonds is 5. The maximum atomic E-state index is 12.5. The summed E-state index contributed by atoms with van der Waals surface area (Å²) in [5, 5.41) is 14.0. The topological polar surface area (TPSA) is 71.5 Å². The van der Waals surface area contributed by atoms with Crippen LogP contribution in [0, 0.1) is 13.8 Å². The van der Waals surface area contributed by atoms with E-state index in [9.17, 15) is 9.90 Å². The Bertz CT molecular complexity index is 936. The van der Waals surface area contributed by atoms with E-state index in [1.165, 1.54) is 0 Å². The number of hydrogen-bond donors (Lipinski definition) is 2. The summed E-state index contributed by atoms with van der Waals surface area (Å²) >= 11 is 0. The molecule has 1 atom stereocenters. The highest BCUT2D eigenvalue weighted by atomic mass is 16.5. The van der Waals surface area contributed by atoms with Gasteiger partial charge in [0.15, 0.2) is 0 Å². The van der Waals surface area contributed by atoms with Gasteiger partial charge in [0.1, 0.15) is 5.75 Å². The van der Waals surface area contributed by atoms with E-state index in [-0.39, 0.29) is 12.5 Å². The van der Waals surface area contributed by atoms with E-state index in [0.29, 0.717) is 11.3 Å². The lowest BCUT2D eigenvalue weighted by atomic mass is 10.1. The molecule has 0 spiro atoms. The number of aryl methyl sites for hydroxylation is 2. The first-order valence-corrected chi connectivity index (χ1v) is 8.46. The highest BCUT2D eigenvalue weighted by molar-refractivity contribution is 5.98. The van der Waals surface area contributed by atoms with Crippen LogP contribution in [-0.2, 0) is 0 Å². The van der Waals surface area contributed by atoms with Gasteiger partial charge in [-0.25, -0.2) is 0 Å². The molecule has 26 heavy (non-hydrogen) atoms. The lowest BCUT2D eigenvalue weighted by molar-refractivity contribution is 0.0915. The van der Waals surface area contributed by atoms with Crippen LogP contribution in [-0.4, -0.2) is 29.7 Å². The van der Waals surface area contributed by atoms with Crippen LogP contribution in [0.5, 0.6) is 5.75 Å². The van der Waals surface area contributed by atoms with Crippen LogP contribution in [0.4, 0.5) is 0 Å². The van der Waals surface area contributed by atoms with Crippen LogP contribution in [0.1, 0.15) is 33.3 Å². The van der Waals surface area contributed by atoms with Gasteiger partial charge in [0, 0.05) is 11.9 Å². The van der Waals surface area contributed by atoms with Gasteiger partial charge in [0.05, 0.1) is 30.0 Å². The number of fused-ring (bicyclic) bond motifs is 1. The number of hydrogen-bond acceptors (Lipinski definition) is 4. The van der Waals surface area contributed by atoms with Crippen LogP contribution < -0.4 is 10.1 Å². The van der Waals surface area contributed by atoms with Gasteiger partial charge in [-0.1, -0.05) is 24.3 Å². The van der Waals surface area contributed by atoms with Gasteiger partial charge in [0.2, 0.25) is 0 Å². The Morgan fingerprint density at radius 2 is 1.88 bits per heavy atom. The molecule has 0 aliphatic rings. The zero-order valence-corrected chi connectivity index (χ0v) is 15.1. The smallest absolute Gasteiger partial charge is 0.253 e. The number of amides is 1. The molecule has 3 aromatic rings. The molecule has 0 saturated heterocycles. The summed E-state index contributed by atoms with van der Waals surface area (Å²) in [7, 11) is 1.59.